The Kier molecular flexibility index (Phi) is 6.19. The van der Waals surface area contributed by atoms with E-state index in [-0.39, 0.29) is 11.8 Å². The fraction of sp³-hybridized carbons (Fsp3) is 0.100. The lowest BCUT2D eigenvalue weighted by Gasteiger charge is -2.09. The van der Waals surface area contributed by atoms with Crippen molar-refractivity contribution in [3.63, 3.8) is 0 Å². The van der Waals surface area contributed by atoms with Gasteiger partial charge in [0.15, 0.2) is 0 Å². The molecule has 0 fully saturated rings. The molecule has 6 heteroatoms. The van der Waals surface area contributed by atoms with Crippen LogP contribution >= 0.6 is 11.6 Å². The van der Waals surface area contributed by atoms with Gasteiger partial charge in [-0.25, -0.2) is 10.5 Å². The van der Waals surface area contributed by atoms with Crippen molar-refractivity contribution >= 4 is 17.5 Å². The van der Waals surface area contributed by atoms with Crippen molar-refractivity contribution in [2.75, 3.05) is 13.2 Å². The SMILES string of the molecule is O=C(NOCCOc1ccccc1)c1cc(Cl)nc(-c2ccccc2)c1. The Bertz CT molecular complexity index is 857. The van der Waals surface area contributed by atoms with Gasteiger partial charge in [0.05, 0.1) is 5.69 Å². The summed E-state index contributed by atoms with van der Waals surface area (Å²) in [6.45, 7) is 0.529. The maximum absolute atomic E-state index is 12.3. The molecule has 3 aromatic rings. The van der Waals surface area contributed by atoms with Crippen molar-refractivity contribution in [1.82, 2.24) is 10.5 Å². The van der Waals surface area contributed by atoms with Crippen LogP contribution in [0.1, 0.15) is 10.4 Å². The third kappa shape index (κ3) is 5.05. The summed E-state index contributed by atoms with van der Waals surface area (Å²) in [7, 11) is 0. The summed E-state index contributed by atoms with van der Waals surface area (Å²) in [6, 6.07) is 22.0. The van der Waals surface area contributed by atoms with Gasteiger partial charge < -0.3 is 4.74 Å². The molecule has 0 saturated heterocycles. The van der Waals surface area contributed by atoms with E-state index in [9.17, 15) is 4.79 Å². The largest absolute Gasteiger partial charge is 0.491 e. The molecule has 0 aliphatic rings. The number of ether oxygens (including phenoxy) is 1. The van der Waals surface area contributed by atoms with Crippen molar-refractivity contribution in [1.29, 1.82) is 0 Å². The van der Waals surface area contributed by atoms with E-state index in [1.165, 1.54) is 6.07 Å². The predicted octanol–water partition coefficient (Wildman–Crippen LogP) is 4.14. The molecular weight excluding hydrogens is 352 g/mol. The second-order valence-corrected chi connectivity index (χ2v) is 5.76. The number of halogens is 1. The number of nitrogens with zero attached hydrogens (tertiary/aromatic N) is 1. The third-order valence-corrected chi connectivity index (χ3v) is 3.68. The maximum atomic E-state index is 12.3. The van der Waals surface area contributed by atoms with Gasteiger partial charge in [0.1, 0.15) is 24.1 Å². The highest BCUT2D eigenvalue weighted by Gasteiger charge is 2.10. The van der Waals surface area contributed by atoms with Crippen molar-refractivity contribution in [3.05, 3.63) is 83.5 Å². The maximum Gasteiger partial charge on any atom is 0.275 e. The molecule has 0 aliphatic carbocycles. The predicted molar refractivity (Wildman–Crippen MR) is 100 cm³/mol. The van der Waals surface area contributed by atoms with E-state index in [1.807, 2.05) is 60.7 Å². The summed E-state index contributed by atoms with van der Waals surface area (Å²) in [5.41, 5.74) is 4.25. The standard InChI is InChI=1S/C20H17ClN2O3/c21-19-14-16(13-18(22-19)15-7-3-1-4-8-15)20(24)23-26-12-11-25-17-9-5-2-6-10-17/h1-10,13-14H,11-12H2,(H,23,24). The van der Waals surface area contributed by atoms with Crippen molar-refractivity contribution in [2.24, 2.45) is 0 Å². The zero-order valence-electron chi connectivity index (χ0n) is 13.9. The number of amides is 1. The summed E-state index contributed by atoms with van der Waals surface area (Å²) in [4.78, 5) is 21.7. The van der Waals surface area contributed by atoms with Gasteiger partial charge in [-0.1, -0.05) is 60.1 Å². The number of carbonyl (C=O) groups is 1. The van der Waals surface area contributed by atoms with Gasteiger partial charge in [0.2, 0.25) is 0 Å². The first kappa shape index (κ1) is 17.9. The number of carbonyl (C=O) groups excluding carboxylic acids is 1. The van der Waals surface area contributed by atoms with Gasteiger partial charge in [-0.3, -0.25) is 9.63 Å². The first-order chi connectivity index (χ1) is 12.7. The lowest BCUT2D eigenvalue weighted by atomic mass is 10.1. The minimum atomic E-state index is -0.397. The number of pyridine rings is 1. The lowest BCUT2D eigenvalue weighted by molar-refractivity contribution is 0.0200. The van der Waals surface area contributed by atoms with Gasteiger partial charge in [-0.15, -0.1) is 0 Å². The molecule has 0 aliphatic heterocycles. The number of nitrogens with one attached hydrogen (secondary N) is 1. The van der Waals surface area contributed by atoms with E-state index in [0.29, 0.717) is 17.9 Å². The molecule has 1 aromatic heterocycles. The second kappa shape index (κ2) is 8.99. The van der Waals surface area contributed by atoms with Crippen molar-refractivity contribution < 1.29 is 14.4 Å². The Morgan fingerprint density at radius 2 is 1.65 bits per heavy atom. The van der Waals surface area contributed by atoms with Crippen LogP contribution in [0.3, 0.4) is 0 Å². The summed E-state index contributed by atoms with van der Waals surface area (Å²) in [6.07, 6.45) is 0. The number of hydroxylamine groups is 1. The molecule has 0 radical (unpaired) electrons. The van der Waals surface area contributed by atoms with E-state index >= 15 is 0 Å². The molecule has 3 rings (SSSR count). The van der Waals surface area contributed by atoms with Crippen LogP contribution in [0.4, 0.5) is 0 Å². The molecule has 1 N–H and O–H groups in total. The number of hydrogen-bond acceptors (Lipinski definition) is 4. The molecule has 1 heterocycles. The summed E-state index contributed by atoms with van der Waals surface area (Å²) < 4.78 is 5.48. The van der Waals surface area contributed by atoms with E-state index in [1.54, 1.807) is 6.07 Å². The Morgan fingerprint density at radius 1 is 0.962 bits per heavy atom. The van der Waals surface area contributed by atoms with Gasteiger partial charge in [-0.05, 0) is 24.3 Å². The smallest absolute Gasteiger partial charge is 0.275 e. The third-order valence-electron chi connectivity index (χ3n) is 3.49. The van der Waals surface area contributed by atoms with Gasteiger partial charge in [0.25, 0.3) is 5.91 Å². The van der Waals surface area contributed by atoms with E-state index in [4.69, 9.17) is 21.2 Å². The Morgan fingerprint density at radius 3 is 2.38 bits per heavy atom. The number of hydrogen-bond donors (Lipinski definition) is 1. The van der Waals surface area contributed by atoms with Crippen LogP contribution in [0.25, 0.3) is 11.3 Å². The summed E-state index contributed by atoms with van der Waals surface area (Å²) >= 11 is 6.04. The van der Waals surface area contributed by atoms with Crippen LogP contribution in [0.15, 0.2) is 72.8 Å². The molecule has 132 valence electrons. The van der Waals surface area contributed by atoms with Crippen LogP contribution < -0.4 is 10.2 Å². The fourth-order valence-corrected chi connectivity index (χ4v) is 2.49. The highest BCUT2D eigenvalue weighted by molar-refractivity contribution is 6.29. The van der Waals surface area contributed by atoms with E-state index in [0.717, 1.165) is 11.3 Å². The highest BCUT2D eigenvalue weighted by atomic mass is 35.5. The molecule has 0 atom stereocenters. The molecule has 2 aromatic carbocycles. The fourth-order valence-electron chi connectivity index (χ4n) is 2.28. The zero-order valence-corrected chi connectivity index (χ0v) is 14.6. The topological polar surface area (TPSA) is 60.5 Å². The Balaban J connectivity index is 1.54. The average Bonchev–Trinajstić information content (AvgIpc) is 2.68. The summed E-state index contributed by atoms with van der Waals surface area (Å²) in [5.74, 6) is 0.349. The number of aromatic nitrogens is 1. The van der Waals surface area contributed by atoms with Crippen molar-refractivity contribution in [2.45, 2.75) is 0 Å². The number of rotatable bonds is 7. The lowest BCUT2D eigenvalue weighted by Crippen LogP contribution is -2.26. The van der Waals surface area contributed by atoms with Crippen LogP contribution in [-0.4, -0.2) is 24.1 Å². The number of para-hydroxylation sites is 1. The van der Waals surface area contributed by atoms with Gasteiger partial charge >= 0.3 is 0 Å². The first-order valence-corrected chi connectivity index (χ1v) is 8.43. The van der Waals surface area contributed by atoms with Crippen LogP contribution in [0.5, 0.6) is 5.75 Å². The quantitative estimate of drug-likeness (QED) is 0.387. The molecule has 0 bridgehead atoms. The average molecular weight is 369 g/mol. The first-order valence-electron chi connectivity index (χ1n) is 8.05. The Hall–Kier alpha value is -2.89. The van der Waals surface area contributed by atoms with E-state index < -0.39 is 5.91 Å². The molecule has 1 amide bonds. The van der Waals surface area contributed by atoms with Crippen LogP contribution in [-0.2, 0) is 4.84 Å². The number of benzene rings is 2. The monoisotopic (exact) mass is 368 g/mol. The molecule has 5 nitrogen and oxygen atoms in total. The Labute approximate surface area is 156 Å². The molecule has 26 heavy (non-hydrogen) atoms. The van der Waals surface area contributed by atoms with Crippen molar-refractivity contribution in [3.8, 4) is 17.0 Å². The molecule has 0 unspecified atom stereocenters. The highest BCUT2D eigenvalue weighted by Crippen LogP contribution is 2.21. The van der Waals surface area contributed by atoms with Crippen LogP contribution in [0, 0.1) is 0 Å². The van der Waals surface area contributed by atoms with Crippen LogP contribution in [0.2, 0.25) is 5.15 Å². The second-order valence-electron chi connectivity index (χ2n) is 5.37. The normalized spacial score (nSPS) is 10.3. The minimum Gasteiger partial charge on any atom is -0.491 e. The minimum absolute atomic E-state index is 0.213. The zero-order chi connectivity index (χ0) is 18.2. The van der Waals surface area contributed by atoms with Gasteiger partial charge in [-0.2, -0.15) is 0 Å². The molecular formula is C20H17ClN2O3. The molecule has 0 saturated carbocycles. The van der Waals surface area contributed by atoms with Gasteiger partial charge in [0, 0.05) is 11.1 Å². The van der Waals surface area contributed by atoms with E-state index in [2.05, 4.69) is 10.5 Å². The summed E-state index contributed by atoms with van der Waals surface area (Å²) in [5, 5.41) is 0.240. The molecule has 0 spiro atoms.